The number of aliphatic hydroxyl groups excluding tert-OH is 1. The van der Waals surface area contributed by atoms with Gasteiger partial charge in [0, 0.05) is 0 Å². The van der Waals surface area contributed by atoms with Crippen molar-refractivity contribution in [1.82, 2.24) is 5.32 Å². The molecule has 1 rings (SSSR count). The van der Waals surface area contributed by atoms with Crippen molar-refractivity contribution >= 4 is 46.4 Å². The number of carboxylic acids is 1. The molecule has 0 aliphatic heterocycles. The first kappa shape index (κ1) is 14.2. The van der Waals surface area contributed by atoms with Crippen LogP contribution in [0.4, 0.5) is 0 Å². The van der Waals surface area contributed by atoms with Crippen molar-refractivity contribution in [1.29, 1.82) is 0 Å². The second-order valence-electron chi connectivity index (χ2n) is 3.27. The quantitative estimate of drug-likeness (QED) is 0.788. The second-order valence-corrected chi connectivity index (χ2v) is 5.55. The van der Waals surface area contributed by atoms with Gasteiger partial charge in [-0.15, -0.1) is 11.3 Å². The van der Waals surface area contributed by atoms with Gasteiger partial charge in [0.25, 0.3) is 5.91 Å². The lowest BCUT2D eigenvalue weighted by Gasteiger charge is -2.16. The van der Waals surface area contributed by atoms with Crippen molar-refractivity contribution in [3.63, 3.8) is 0 Å². The van der Waals surface area contributed by atoms with Crippen LogP contribution < -0.4 is 5.32 Å². The SMILES string of the molecule is CC(O)C(NC(=O)c1cc(Cl)sc1Cl)C(=O)O. The maximum absolute atomic E-state index is 11.7. The summed E-state index contributed by atoms with van der Waals surface area (Å²) in [7, 11) is 0. The van der Waals surface area contributed by atoms with Crippen molar-refractivity contribution in [3.8, 4) is 0 Å². The highest BCUT2D eigenvalue weighted by Gasteiger charge is 2.26. The van der Waals surface area contributed by atoms with E-state index in [4.69, 9.17) is 28.3 Å². The summed E-state index contributed by atoms with van der Waals surface area (Å²) in [4.78, 5) is 22.4. The first-order valence-corrected chi connectivity index (χ1v) is 6.06. The van der Waals surface area contributed by atoms with Crippen molar-refractivity contribution in [3.05, 3.63) is 20.3 Å². The number of nitrogens with one attached hydrogen (secondary N) is 1. The molecule has 1 amide bonds. The fourth-order valence-corrected chi connectivity index (χ4v) is 2.56. The Balaban J connectivity index is 2.85. The van der Waals surface area contributed by atoms with Crippen LogP contribution in [0.15, 0.2) is 6.07 Å². The monoisotopic (exact) mass is 297 g/mol. The number of rotatable bonds is 4. The molecule has 94 valence electrons. The normalized spacial score (nSPS) is 14.1. The van der Waals surface area contributed by atoms with Gasteiger partial charge < -0.3 is 15.5 Å². The van der Waals surface area contributed by atoms with Crippen LogP contribution in [0.2, 0.25) is 8.67 Å². The Morgan fingerprint density at radius 1 is 1.47 bits per heavy atom. The van der Waals surface area contributed by atoms with E-state index in [9.17, 15) is 14.7 Å². The van der Waals surface area contributed by atoms with E-state index in [1.807, 2.05) is 0 Å². The molecule has 0 bridgehead atoms. The molecule has 17 heavy (non-hydrogen) atoms. The molecule has 5 nitrogen and oxygen atoms in total. The van der Waals surface area contributed by atoms with Gasteiger partial charge in [0.15, 0.2) is 6.04 Å². The number of amides is 1. The molecule has 3 N–H and O–H groups in total. The van der Waals surface area contributed by atoms with Gasteiger partial charge in [0.05, 0.1) is 16.0 Å². The largest absolute Gasteiger partial charge is 0.480 e. The smallest absolute Gasteiger partial charge is 0.328 e. The minimum Gasteiger partial charge on any atom is -0.480 e. The van der Waals surface area contributed by atoms with Crippen LogP contribution in [0.1, 0.15) is 17.3 Å². The highest BCUT2D eigenvalue weighted by atomic mass is 35.5. The molecule has 0 saturated carbocycles. The Morgan fingerprint density at radius 2 is 2.06 bits per heavy atom. The zero-order valence-corrected chi connectivity index (χ0v) is 10.9. The van der Waals surface area contributed by atoms with Gasteiger partial charge in [-0.1, -0.05) is 23.2 Å². The van der Waals surface area contributed by atoms with Gasteiger partial charge in [0.1, 0.15) is 4.34 Å². The molecule has 8 heteroatoms. The molecule has 0 radical (unpaired) electrons. The molecule has 0 saturated heterocycles. The number of carbonyl (C=O) groups excluding carboxylic acids is 1. The molecular formula is C9H9Cl2NO4S. The summed E-state index contributed by atoms with van der Waals surface area (Å²) < 4.78 is 0.492. The Labute approximate surface area is 111 Å². The van der Waals surface area contributed by atoms with Crippen LogP contribution in [0.3, 0.4) is 0 Å². The molecular weight excluding hydrogens is 289 g/mol. The van der Waals surface area contributed by atoms with Gasteiger partial charge in [-0.25, -0.2) is 4.79 Å². The lowest BCUT2D eigenvalue weighted by atomic mass is 10.1. The molecule has 1 aromatic heterocycles. The highest BCUT2D eigenvalue weighted by molar-refractivity contribution is 7.20. The number of halogens is 2. The summed E-state index contributed by atoms with van der Waals surface area (Å²) in [5.41, 5.74) is 0.0913. The van der Waals surface area contributed by atoms with Gasteiger partial charge in [-0.2, -0.15) is 0 Å². The summed E-state index contributed by atoms with van der Waals surface area (Å²) >= 11 is 12.4. The van der Waals surface area contributed by atoms with Crippen LogP contribution in [-0.4, -0.2) is 34.2 Å². The van der Waals surface area contributed by atoms with Gasteiger partial charge in [-0.05, 0) is 13.0 Å². The minimum absolute atomic E-state index is 0.0913. The van der Waals surface area contributed by atoms with Crippen LogP contribution in [0, 0.1) is 0 Å². The van der Waals surface area contributed by atoms with E-state index < -0.39 is 24.0 Å². The Hall–Kier alpha value is -0.820. The highest BCUT2D eigenvalue weighted by Crippen LogP contribution is 2.31. The maximum atomic E-state index is 11.7. The average molecular weight is 298 g/mol. The van der Waals surface area contributed by atoms with E-state index in [0.717, 1.165) is 11.3 Å². The molecule has 1 aromatic rings. The van der Waals surface area contributed by atoms with E-state index >= 15 is 0 Å². The lowest BCUT2D eigenvalue weighted by Crippen LogP contribution is -2.47. The van der Waals surface area contributed by atoms with Crippen LogP contribution in [-0.2, 0) is 4.79 Å². The second kappa shape index (κ2) is 5.68. The number of hydrogen-bond acceptors (Lipinski definition) is 4. The first-order valence-electron chi connectivity index (χ1n) is 4.49. The fraction of sp³-hybridized carbons (Fsp3) is 0.333. The average Bonchev–Trinajstić information content (AvgIpc) is 2.53. The molecule has 0 fully saturated rings. The third-order valence-electron chi connectivity index (χ3n) is 1.94. The third kappa shape index (κ3) is 3.57. The first-order chi connectivity index (χ1) is 7.82. The lowest BCUT2D eigenvalue weighted by molar-refractivity contribution is -0.141. The Bertz CT molecular complexity index is 446. The van der Waals surface area contributed by atoms with Crippen molar-refractivity contribution in [2.24, 2.45) is 0 Å². The molecule has 0 spiro atoms. The van der Waals surface area contributed by atoms with Crippen molar-refractivity contribution in [2.45, 2.75) is 19.1 Å². The van der Waals surface area contributed by atoms with Gasteiger partial charge >= 0.3 is 5.97 Å². The summed E-state index contributed by atoms with van der Waals surface area (Å²) in [5, 5.41) is 20.1. The van der Waals surface area contributed by atoms with Crippen LogP contribution in [0.5, 0.6) is 0 Å². The summed E-state index contributed by atoms with van der Waals surface area (Å²) in [6.45, 7) is 1.27. The number of carboxylic acid groups (broad SMARTS) is 1. The van der Waals surface area contributed by atoms with E-state index in [-0.39, 0.29) is 9.90 Å². The summed E-state index contributed by atoms with van der Waals surface area (Å²) in [6.07, 6.45) is -1.22. The topological polar surface area (TPSA) is 86.6 Å². The maximum Gasteiger partial charge on any atom is 0.328 e. The standard InChI is InChI=1S/C9H9Cl2NO4S/c1-3(13)6(9(15)16)12-8(14)4-2-5(10)17-7(4)11/h2-3,6,13H,1H3,(H,12,14)(H,15,16). The van der Waals surface area contributed by atoms with E-state index in [1.165, 1.54) is 13.0 Å². The van der Waals surface area contributed by atoms with Gasteiger partial charge in [-0.3, -0.25) is 4.79 Å². The number of aliphatic carboxylic acids is 1. The molecule has 2 atom stereocenters. The Kier molecular flexibility index (Phi) is 4.76. The van der Waals surface area contributed by atoms with E-state index in [0.29, 0.717) is 4.34 Å². The summed E-state index contributed by atoms with van der Waals surface area (Å²) in [5.74, 6) is -2.02. The summed E-state index contributed by atoms with van der Waals surface area (Å²) in [6, 6.07) is -0.0533. The molecule has 1 heterocycles. The molecule has 0 aliphatic carbocycles. The minimum atomic E-state index is -1.39. The van der Waals surface area contributed by atoms with Crippen molar-refractivity contribution < 1.29 is 19.8 Å². The number of thiophene rings is 1. The fourth-order valence-electron chi connectivity index (χ4n) is 1.10. The Morgan fingerprint density at radius 3 is 2.41 bits per heavy atom. The molecule has 0 aliphatic rings. The number of carbonyl (C=O) groups is 2. The predicted octanol–water partition coefficient (Wildman–Crippen LogP) is 1.62. The zero-order chi connectivity index (χ0) is 13.2. The number of hydrogen-bond donors (Lipinski definition) is 3. The van der Waals surface area contributed by atoms with Crippen LogP contribution in [0.25, 0.3) is 0 Å². The third-order valence-corrected chi connectivity index (χ3v) is 3.42. The van der Waals surface area contributed by atoms with E-state index in [1.54, 1.807) is 0 Å². The number of aliphatic hydroxyl groups is 1. The van der Waals surface area contributed by atoms with Crippen LogP contribution >= 0.6 is 34.5 Å². The van der Waals surface area contributed by atoms with Crippen molar-refractivity contribution in [2.75, 3.05) is 0 Å². The predicted molar refractivity (Wildman–Crippen MR) is 64.9 cm³/mol. The van der Waals surface area contributed by atoms with Gasteiger partial charge in [0.2, 0.25) is 0 Å². The zero-order valence-electron chi connectivity index (χ0n) is 8.61. The van der Waals surface area contributed by atoms with E-state index in [2.05, 4.69) is 5.32 Å². The molecule has 0 aromatic carbocycles. The molecule has 2 unspecified atom stereocenters.